The van der Waals surface area contributed by atoms with E-state index in [2.05, 4.69) is 0 Å². The lowest BCUT2D eigenvalue weighted by Crippen LogP contribution is -2.10. The fraction of sp³-hybridized carbons (Fsp3) is 0.333. The van der Waals surface area contributed by atoms with Crippen LogP contribution < -0.4 is 0 Å². The van der Waals surface area contributed by atoms with Gasteiger partial charge in [0.2, 0.25) is 0 Å². The summed E-state index contributed by atoms with van der Waals surface area (Å²) in [5.74, 6) is 0.0663. The molecular weight excluding hydrogens is 237 g/mol. The Morgan fingerprint density at radius 1 is 1.00 bits per heavy atom. The van der Waals surface area contributed by atoms with E-state index < -0.39 is 11.7 Å². The van der Waals surface area contributed by atoms with Crippen LogP contribution in [0.25, 0.3) is 10.8 Å². The molecule has 0 saturated carbocycles. The molecule has 3 heteroatoms. The molecule has 18 heavy (non-hydrogen) atoms. The van der Waals surface area contributed by atoms with Gasteiger partial charge in [-0.3, -0.25) is 0 Å². The topological polar surface area (TPSA) is 0 Å². The number of aryl methyl sites for hydroxylation is 1. The summed E-state index contributed by atoms with van der Waals surface area (Å²) < 4.78 is 39.7. The second-order valence-corrected chi connectivity index (χ2v) is 4.86. The highest BCUT2D eigenvalue weighted by Gasteiger charge is 2.35. The summed E-state index contributed by atoms with van der Waals surface area (Å²) in [6.07, 6.45) is -4.31. The molecule has 0 nitrogen and oxygen atoms in total. The molecule has 0 radical (unpaired) electrons. The van der Waals surface area contributed by atoms with E-state index in [0.29, 0.717) is 10.8 Å². The number of hydrogen-bond donors (Lipinski definition) is 0. The Labute approximate surface area is 104 Å². The molecule has 0 unspecified atom stereocenters. The Bertz CT molecular complexity index is 580. The number of hydrogen-bond acceptors (Lipinski definition) is 0. The third kappa shape index (κ3) is 2.09. The van der Waals surface area contributed by atoms with E-state index in [4.69, 9.17) is 0 Å². The molecule has 0 atom stereocenters. The molecule has 0 aliphatic rings. The van der Waals surface area contributed by atoms with Crippen molar-refractivity contribution < 1.29 is 13.2 Å². The van der Waals surface area contributed by atoms with Crippen LogP contribution >= 0.6 is 0 Å². The third-order valence-corrected chi connectivity index (χ3v) is 3.19. The molecule has 0 N–H and O–H groups in total. The Balaban J connectivity index is 2.94. The maximum Gasteiger partial charge on any atom is 0.417 e. The first-order valence-electron chi connectivity index (χ1n) is 5.92. The van der Waals surface area contributed by atoms with Crippen LogP contribution in [-0.2, 0) is 6.18 Å². The molecule has 0 amide bonds. The molecule has 96 valence electrons. The maximum absolute atomic E-state index is 13.2. The monoisotopic (exact) mass is 252 g/mol. The van der Waals surface area contributed by atoms with Crippen LogP contribution in [0.1, 0.15) is 36.5 Å². The van der Waals surface area contributed by atoms with Crippen molar-refractivity contribution in [3.8, 4) is 0 Å². The van der Waals surface area contributed by atoms with Crippen LogP contribution in [0.3, 0.4) is 0 Å². The average Bonchev–Trinajstić information content (AvgIpc) is 2.25. The molecule has 0 aromatic heterocycles. The molecule has 0 aliphatic carbocycles. The summed E-state index contributed by atoms with van der Waals surface area (Å²) in [5, 5.41) is 0.999. The van der Waals surface area contributed by atoms with Crippen molar-refractivity contribution in [1.82, 2.24) is 0 Å². The highest BCUT2D eigenvalue weighted by atomic mass is 19.4. The summed E-state index contributed by atoms with van der Waals surface area (Å²) in [6.45, 7) is 5.34. The fourth-order valence-electron chi connectivity index (χ4n) is 2.36. The second-order valence-electron chi connectivity index (χ2n) is 4.86. The van der Waals surface area contributed by atoms with Gasteiger partial charge in [-0.15, -0.1) is 0 Å². The Morgan fingerprint density at radius 3 is 2.22 bits per heavy atom. The van der Waals surface area contributed by atoms with Crippen molar-refractivity contribution >= 4 is 10.8 Å². The molecular formula is C15H15F3. The quantitative estimate of drug-likeness (QED) is 0.646. The first kappa shape index (κ1) is 12.9. The van der Waals surface area contributed by atoms with E-state index in [9.17, 15) is 13.2 Å². The summed E-state index contributed by atoms with van der Waals surface area (Å²) >= 11 is 0. The first-order chi connectivity index (χ1) is 8.32. The van der Waals surface area contributed by atoms with Crippen LogP contribution in [0.4, 0.5) is 13.2 Å². The van der Waals surface area contributed by atoms with Gasteiger partial charge in [0.15, 0.2) is 0 Å². The van der Waals surface area contributed by atoms with E-state index in [0.717, 1.165) is 5.56 Å². The van der Waals surface area contributed by atoms with Crippen LogP contribution in [-0.4, -0.2) is 0 Å². The molecule has 0 saturated heterocycles. The van der Waals surface area contributed by atoms with Gasteiger partial charge in [-0.25, -0.2) is 0 Å². The lowest BCUT2D eigenvalue weighted by molar-refractivity contribution is -0.136. The van der Waals surface area contributed by atoms with Crippen LogP contribution in [0.15, 0.2) is 30.3 Å². The van der Waals surface area contributed by atoms with Crippen molar-refractivity contribution in [2.45, 2.75) is 32.9 Å². The number of rotatable bonds is 1. The summed E-state index contributed by atoms with van der Waals surface area (Å²) in [6, 6.07) is 8.62. The lowest BCUT2D eigenvalue weighted by Gasteiger charge is -2.18. The summed E-state index contributed by atoms with van der Waals surface area (Å²) in [5.41, 5.74) is 0.538. The van der Waals surface area contributed by atoms with E-state index in [-0.39, 0.29) is 11.5 Å². The molecule has 0 spiro atoms. The van der Waals surface area contributed by atoms with Crippen molar-refractivity contribution in [2.75, 3.05) is 0 Å². The van der Waals surface area contributed by atoms with Gasteiger partial charge < -0.3 is 0 Å². The predicted octanol–water partition coefficient (Wildman–Crippen LogP) is 5.29. The van der Waals surface area contributed by atoms with Crippen molar-refractivity contribution in [3.63, 3.8) is 0 Å². The average molecular weight is 252 g/mol. The summed E-state index contributed by atoms with van der Waals surface area (Å²) in [7, 11) is 0. The number of halogens is 3. The van der Waals surface area contributed by atoms with E-state index >= 15 is 0 Å². The van der Waals surface area contributed by atoms with Gasteiger partial charge in [-0.05, 0) is 34.7 Å². The molecule has 2 aromatic rings. The van der Waals surface area contributed by atoms with Gasteiger partial charge in [-0.2, -0.15) is 13.2 Å². The van der Waals surface area contributed by atoms with Crippen molar-refractivity contribution in [2.24, 2.45) is 0 Å². The van der Waals surface area contributed by atoms with Gasteiger partial charge in [0.25, 0.3) is 0 Å². The largest absolute Gasteiger partial charge is 0.417 e. The van der Waals surface area contributed by atoms with E-state index in [1.54, 1.807) is 18.2 Å². The third-order valence-electron chi connectivity index (χ3n) is 3.19. The smallest absolute Gasteiger partial charge is 0.166 e. The van der Waals surface area contributed by atoms with Gasteiger partial charge in [0.1, 0.15) is 0 Å². The number of fused-ring (bicyclic) bond motifs is 1. The van der Waals surface area contributed by atoms with E-state index in [1.807, 2.05) is 19.9 Å². The normalized spacial score (nSPS) is 12.4. The Hall–Kier alpha value is -1.51. The van der Waals surface area contributed by atoms with Crippen LogP contribution in [0.5, 0.6) is 0 Å². The van der Waals surface area contributed by atoms with Gasteiger partial charge in [0, 0.05) is 0 Å². The minimum atomic E-state index is -4.31. The Morgan fingerprint density at radius 2 is 1.67 bits per heavy atom. The Kier molecular flexibility index (Phi) is 3.09. The maximum atomic E-state index is 13.2. The minimum absolute atomic E-state index is 0.0663. The van der Waals surface area contributed by atoms with Crippen molar-refractivity contribution in [3.05, 3.63) is 47.0 Å². The molecule has 0 aliphatic heterocycles. The number of benzene rings is 2. The van der Waals surface area contributed by atoms with Gasteiger partial charge >= 0.3 is 6.18 Å². The first-order valence-corrected chi connectivity index (χ1v) is 5.92. The van der Waals surface area contributed by atoms with Crippen molar-refractivity contribution in [1.29, 1.82) is 0 Å². The van der Waals surface area contributed by atoms with Crippen LogP contribution in [0, 0.1) is 6.92 Å². The molecule has 2 aromatic carbocycles. The zero-order valence-corrected chi connectivity index (χ0v) is 10.6. The van der Waals surface area contributed by atoms with Crippen LogP contribution in [0.2, 0.25) is 0 Å². The molecule has 0 fully saturated rings. The molecule has 0 bridgehead atoms. The van der Waals surface area contributed by atoms with Gasteiger partial charge in [-0.1, -0.05) is 44.2 Å². The molecule has 0 heterocycles. The zero-order chi connectivity index (χ0) is 13.5. The fourth-order valence-corrected chi connectivity index (χ4v) is 2.36. The second kappa shape index (κ2) is 4.30. The zero-order valence-electron chi connectivity index (χ0n) is 10.6. The standard InChI is InChI=1S/C15H15F3/c1-9(2)12-6-4-5-11-8-7-10(3)14(13(11)12)15(16,17)18/h4-9H,1-3H3. The SMILES string of the molecule is Cc1ccc2cccc(C(C)C)c2c1C(F)(F)F. The summed E-state index contributed by atoms with van der Waals surface area (Å²) in [4.78, 5) is 0. The van der Waals surface area contributed by atoms with E-state index in [1.165, 1.54) is 13.0 Å². The number of alkyl halides is 3. The predicted molar refractivity (Wildman–Crippen MR) is 67.8 cm³/mol. The van der Waals surface area contributed by atoms with Gasteiger partial charge in [0.05, 0.1) is 5.56 Å². The minimum Gasteiger partial charge on any atom is -0.166 e. The highest BCUT2D eigenvalue weighted by Crippen LogP contribution is 2.40. The highest BCUT2D eigenvalue weighted by molar-refractivity contribution is 5.90. The lowest BCUT2D eigenvalue weighted by atomic mass is 9.90. The molecule has 2 rings (SSSR count).